The minimum atomic E-state index is -3.84. The number of hydrogen-bond donors (Lipinski definition) is 6. The lowest BCUT2D eigenvalue weighted by atomic mass is 10.0. The number of ether oxygens (including phenoxy) is 3. The lowest BCUT2D eigenvalue weighted by molar-refractivity contribution is -0.182. The summed E-state index contributed by atoms with van der Waals surface area (Å²) in [6.45, 7) is -4.54. The molecule has 4 aromatic heterocycles. The Morgan fingerprint density at radius 1 is 1.22 bits per heavy atom. The highest BCUT2D eigenvalue weighted by atomic mass is 32.7. The summed E-state index contributed by atoms with van der Waals surface area (Å²) in [4.78, 5) is 47.7. The Labute approximate surface area is 262 Å². The number of rotatable bonds is 9. The topological polar surface area (TPSA) is 263 Å². The molecular formula is C22H25N10O9P2S2+. The fourth-order valence-electron chi connectivity index (χ4n) is 6.81. The highest BCUT2D eigenvalue weighted by Gasteiger charge is 2.77. The molecule has 4 aromatic rings. The van der Waals surface area contributed by atoms with Crippen LogP contribution in [0.5, 0.6) is 0 Å². The Bertz CT molecular complexity index is 2000. The van der Waals surface area contributed by atoms with E-state index in [9.17, 15) is 19.4 Å². The summed E-state index contributed by atoms with van der Waals surface area (Å²) in [6.07, 6.45) is 0.211. The Morgan fingerprint density at radius 2 is 2.00 bits per heavy atom. The molecule has 45 heavy (non-hydrogen) atoms. The van der Waals surface area contributed by atoms with Crippen LogP contribution in [0.3, 0.4) is 0 Å². The molecule has 10 unspecified atom stereocenters. The van der Waals surface area contributed by atoms with E-state index in [-0.39, 0.29) is 48.7 Å². The summed E-state index contributed by atoms with van der Waals surface area (Å²) in [7, 11) is -2.41. The van der Waals surface area contributed by atoms with Gasteiger partial charge in [-0.05, 0) is 22.8 Å². The van der Waals surface area contributed by atoms with Crippen molar-refractivity contribution in [3.63, 3.8) is 0 Å². The summed E-state index contributed by atoms with van der Waals surface area (Å²) >= 11 is 9.77. The van der Waals surface area contributed by atoms with Crippen molar-refractivity contribution in [2.24, 2.45) is 5.92 Å². The Balaban J connectivity index is 1.12. The van der Waals surface area contributed by atoms with E-state index in [0.29, 0.717) is 17.6 Å². The van der Waals surface area contributed by atoms with Gasteiger partial charge in [-0.15, -0.1) is 4.52 Å². The Morgan fingerprint density at radius 3 is 2.78 bits per heavy atom. The van der Waals surface area contributed by atoms with Gasteiger partial charge in [-0.3, -0.25) is 18.9 Å². The van der Waals surface area contributed by atoms with E-state index < -0.39 is 60.8 Å². The molecule has 2 bridgehead atoms. The first kappa shape index (κ1) is 29.7. The van der Waals surface area contributed by atoms with Crippen LogP contribution < -0.4 is 17.0 Å². The van der Waals surface area contributed by atoms with Gasteiger partial charge in [0, 0.05) is 5.92 Å². The second-order valence-corrected chi connectivity index (χ2v) is 16.6. The smallest absolute Gasteiger partial charge is 0.394 e. The molecule has 0 radical (unpaired) electrons. The van der Waals surface area contributed by atoms with Crippen LogP contribution in [0.4, 0.5) is 11.8 Å². The maximum Gasteiger partial charge on any atom is 0.582 e. The number of aliphatic hydroxyl groups is 1. The number of aromatic amines is 1. The monoisotopic (exact) mass is 699 g/mol. The maximum atomic E-state index is 12.4. The van der Waals surface area contributed by atoms with E-state index in [1.54, 1.807) is 4.57 Å². The molecule has 0 spiro atoms. The summed E-state index contributed by atoms with van der Waals surface area (Å²) in [5, 5.41) is 8.91. The van der Waals surface area contributed by atoms with Gasteiger partial charge in [0.15, 0.2) is 53.3 Å². The molecule has 1 aliphatic carbocycles. The molecule has 10 atom stereocenters. The quantitative estimate of drug-likeness (QED) is 0.0970. The Hall–Kier alpha value is -2.68. The van der Waals surface area contributed by atoms with Crippen LogP contribution in [0.2, 0.25) is 0 Å². The number of H-pyrrole nitrogens is 1. The predicted octanol–water partition coefficient (Wildman–Crippen LogP) is -0.271. The first-order valence-electron chi connectivity index (χ1n) is 13.5. The summed E-state index contributed by atoms with van der Waals surface area (Å²) in [5.41, 5.74) is 10.7. The maximum absolute atomic E-state index is 12.4. The summed E-state index contributed by atoms with van der Waals surface area (Å²) in [6, 6.07) is 0. The van der Waals surface area contributed by atoms with Crippen molar-refractivity contribution < 1.29 is 37.8 Å². The molecule has 238 valence electrons. The van der Waals surface area contributed by atoms with Gasteiger partial charge in [0.1, 0.15) is 30.2 Å². The number of nitrogens with two attached hydrogens (primary N) is 2. The van der Waals surface area contributed by atoms with Crippen molar-refractivity contribution in [1.29, 1.82) is 0 Å². The lowest BCUT2D eigenvalue weighted by Crippen LogP contribution is -2.45. The first-order valence-corrected chi connectivity index (χ1v) is 18.5. The molecule has 19 nitrogen and oxygen atoms in total. The van der Waals surface area contributed by atoms with Gasteiger partial charge in [-0.1, -0.05) is 0 Å². The van der Waals surface area contributed by atoms with E-state index in [2.05, 4.69) is 42.2 Å². The number of fused-ring (bicyclic) bond motifs is 5. The van der Waals surface area contributed by atoms with Crippen LogP contribution in [0.1, 0.15) is 18.9 Å². The molecule has 7 heterocycles. The highest BCUT2D eigenvalue weighted by Crippen LogP contribution is 2.80. The molecule has 4 fully saturated rings. The van der Waals surface area contributed by atoms with Gasteiger partial charge < -0.3 is 40.2 Å². The molecule has 4 aliphatic rings. The van der Waals surface area contributed by atoms with Gasteiger partial charge in [-0.25, -0.2) is 19.9 Å². The van der Waals surface area contributed by atoms with Crippen LogP contribution in [0, 0.1) is 5.92 Å². The van der Waals surface area contributed by atoms with E-state index in [0.717, 1.165) is 0 Å². The first-order chi connectivity index (χ1) is 21.5. The average Bonchev–Trinajstić information content (AvgIpc) is 3.42. The highest BCUT2D eigenvalue weighted by molar-refractivity contribution is 8.39. The van der Waals surface area contributed by atoms with E-state index in [1.165, 1.54) is 23.5 Å². The van der Waals surface area contributed by atoms with Crippen molar-refractivity contribution in [3.05, 3.63) is 29.3 Å². The van der Waals surface area contributed by atoms with Crippen LogP contribution in [-0.2, 0) is 39.6 Å². The number of nitrogen functional groups attached to an aromatic ring is 2. The fourth-order valence-corrected chi connectivity index (χ4v) is 10.8. The zero-order valence-electron chi connectivity index (χ0n) is 22.8. The van der Waals surface area contributed by atoms with Crippen molar-refractivity contribution >= 4 is 71.9 Å². The van der Waals surface area contributed by atoms with E-state index in [1.807, 2.05) is 0 Å². The zero-order chi connectivity index (χ0) is 31.5. The molecule has 8 rings (SSSR count). The van der Waals surface area contributed by atoms with Crippen LogP contribution in [0.15, 0.2) is 23.8 Å². The number of imidazole rings is 2. The van der Waals surface area contributed by atoms with Crippen LogP contribution >= 0.6 is 26.0 Å². The third-order valence-corrected chi connectivity index (χ3v) is 13.2. The number of anilines is 2. The largest absolute Gasteiger partial charge is 0.582 e. The molecule has 7 N–H and O–H groups in total. The minimum absolute atomic E-state index is 0.0121. The fraction of sp³-hybridized carbons (Fsp3) is 0.545. The van der Waals surface area contributed by atoms with Gasteiger partial charge in [0.25, 0.3) is 5.56 Å². The number of nitrogens with zero attached hydrogens (tertiary/aromatic N) is 7. The van der Waals surface area contributed by atoms with Crippen molar-refractivity contribution in [3.8, 4) is 0 Å². The second kappa shape index (κ2) is 10.2. The molecular weight excluding hydrogens is 674 g/mol. The second-order valence-electron chi connectivity index (χ2n) is 11.3. The Kier molecular flexibility index (Phi) is 6.71. The van der Waals surface area contributed by atoms with Crippen LogP contribution in [-0.4, -0.2) is 97.9 Å². The molecule has 0 aromatic carbocycles. The molecule has 3 saturated heterocycles. The third kappa shape index (κ3) is 4.20. The van der Waals surface area contributed by atoms with E-state index in [4.69, 9.17) is 46.5 Å². The number of hydrogen-bond acceptors (Lipinski definition) is 16. The van der Waals surface area contributed by atoms with E-state index >= 15 is 0 Å². The lowest BCUT2D eigenvalue weighted by Gasteiger charge is -2.35. The zero-order valence-corrected chi connectivity index (χ0v) is 26.3. The van der Waals surface area contributed by atoms with Crippen molar-refractivity contribution in [2.45, 2.75) is 47.9 Å². The average molecular weight is 700 g/mol. The predicted molar refractivity (Wildman–Crippen MR) is 161 cm³/mol. The summed E-state index contributed by atoms with van der Waals surface area (Å²) < 4.78 is 45.9. The van der Waals surface area contributed by atoms with Gasteiger partial charge in [0.2, 0.25) is 5.95 Å². The normalized spacial score (nSPS) is 35.2. The summed E-state index contributed by atoms with van der Waals surface area (Å²) in [5.74, 6) is -0.332. The molecule has 0 amide bonds. The van der Waals surface area contributed by atoms with Crippen molar-refractivity contribution in [2.75, 3.05) is 31.3 Å². The molecule has 3 aliphatic heterocycles. The number of aliphatic hydroxyl groups excluding tert-OH is 1. The van der Waals surface area contributed by atoms with Gasteiger partial charge >= 0.3 is 7.23 Å². The number of aromatic nitrogens is 8. The van der Waals surface area contributed by atoms with Gasteiger partial charge in [0.05, 0.1) is 43.7 Å². The SMILES string of the molecule is Nc1nc2c(ncn2C2OC(CO)C3CC32P(O)(=S)OCC23COC(C(n4cnc5c(N)ncnc54)O2)C3O[P+](=O)S)c(=O)[nH]1. The van der Waals surface area contributed by atoms with Crippen molar-refractivity contribution in [1.82, 2.24) is 39.0 Å². The number of thiol groups is 1. The molecule has 1 saturated carbocycles. The van der Waals surface area contributed by atoms with Gasteiger partial charge in [-0.2, -0.15) is 4.98 Å². The third-order valence-electron chi connectivity index (χ3n) is 8.94. The van der Waals surface area contributed by atoms with Crippen LogP contribution in [0.25, 0.3) is 22.3 Å². The minimum Gasteiger partial charge on any atom is -0.394 e. The standard InChI is InChI=1S/C22H24N10O9P2S2/c23-14-10-15(26-5-25-14)31(6-27-10)18-12-13(41-42(35)44)21(40-18,3-37-12)4-38-43(36,45)22-1-8(22)9(2-33)39-19(22)32-7-28-11-16(32)29-20(24)30-17(11)34/h5-9,12-13,18-19,33H,1-4H2,(H6-,23,24,25,26,29,30,34,35,36,44,45)/p+1. The number of nitrogens with one attached hydrogen (secondary N) is 1. The molecule has 23 heteroatoms.